The van der Waals surface area contributed by atoms with E-state index in [0.29, 0.717) is 19.8 Å². The van der Waals surface area contributed by atoms with Crippen LogP contribution in [-0.4, -0.2) is 25.5 Å². The zero-order chi connectivity index (χ0) is 20.1. The molecular formula is C21H31Cl2NO3. The molecule has 152 valence electrons. The second kappa shape index (κ2) is 13.7. The minimum Gasteiger partial charge on any atom is -0.493 e. The Balaban J connectivity index is 2.85. The molecule has 0 spiro atoms. The molecule has 0 bridgehead atoms. The number of oxime groups is 1. The lowest BCUT2D eigenvalue weighted by molar-refractivity contribution is 0.127. The molecule has 0 amide bonds. The summed E-state index contributed by atoms with van der Waals surface area (Å²) in [6, 6.07) is 4.10. The van der Waals surface area contributed by atoms with Crippen molar-refractivity contribution in [2.75, 3.05) is 19.8 Å². The molecule has 0 aliphatic heterocycles. The summed E-state index contributed by atoms with van der Waals surface area (Å²) in [7, 11) is 0. The Bertz CT molecular complexity index is 595. The minimum atomic E-state index is 0.210. The largest absolute Gasteiger partial charge is 0.493 e. The van der Waals surface area contributed by atoms with Crippen molar-refractivity contribution in [3.05, 3.63) is 33.8 Å². The van der Waals surface area contributed by atoms with Gasteiger partial charge in [-0.2, -0.15) is 0 Å². The summed E-state index contributed by atoms with van der Waals surface area (Å²) in [5.74, 6) is 1.79. The number of rotatable bonds is 13. The molecule has 0 fully saturated rings. The summed E-state index contributed by atoms with van der Waals surface area (Å²) in [4.78, 5) is 5.23. The normalized spacial score (nSPS) is 10.3. The maximum Gasteiger partial charge on any atom is 0.125 e. The molecule has 27 heavy (non-hydrogen) atoms. The fourth-order valence-corrected chi connectivity index (χ4v) is 2.70. The molecule has 6 heteroatoms. The van der Waals surface area contributed by atoms with Gasteiger partial charge in [0, 0.05) is 6.42 Å². The Hall–Kier alpha value is -1.39. The Kier molecular flexibility index (Phi) is 12.0. The molecule has 0 N–H and O–H groups in total. The summed E-state index contributed by atoms with van der Waals surface area (Å²) in [5, 5.41) is 3.94. The molecule has 0 saturated heterocycles. The van der Waals surface area contributed by atoms with Crippen molar-refractivity contribution in [3.63, 3.8) is 0 Å². The van der Waals surface area contributed by atoms with Gasteiger partial charge in [-0.25, -0.2) is 0 Å². The summed E-state index contributed by atoms with van der Waals surface area (Å²) >= 11 is 11.3. The molecule has 0 aromatic heterocycles. The van der Waals surface area contributed by atoms with Gasteiger partial charge in [0.1, 0.15) is 29.2 Å². The van der Waals surface area contributed by atoms with E-state index in [9.17, 15) is 0 Å². The smallest absolute Gasteiger partial charge is 0.125 e. The van der Waals surface area contributed by atoms with Crippen molar-refractivity contribution < 1.29 is 14.3 Å². The van der Waals surface area contributed by atoms with Crippen LogP contribution in [0.1, 0.15) is 58.1 Å². The fraction of sp³-hybridized carbons (Fsp3) is 0.571. The predicted octanol–water partition coefficient (Wildman–Crippen LogP) is 6.47. The van der Waals surface area contributed by atoms with Gasteiger partial charge >= 0.3 is 0 Å². The number of aryl methyl sites for hydroxylation is 2. The number of nitrogens with zero attached hydrogens (tertiary/aromatic N) is 1. The van der Waals surface area contributed by atoms with Gasteiger partial charge < -0.3 is 14.3 Å². The van der Waals surface area contributed by atoms with E-state index < -0.39 is 0 Å². The van der Waals surface area contributed by atoms with E-state index in [1.54, 1.807) is 6.08 Å². The Morgan fingerprint density at radius 1 is 1.00 bits per heavy atom. The lowest BCUT2D eigenvalue weighted by Crippen LogP contribution is -2.07. The van der Waals surface area contributed by atoms with Gasteiger partial charge in [-0.15, -0.1) is 0 Å². The van der Waals surface area contributed by atoms with E-state index in [2.05, 4.69) is 31.1 Å². The first-order chi connectivity index (χ1) is 13.0. The number of ether oxygens (including phenoxy) is 2. The van der Waals surface area contributed by atoms with Crippen LogP contribution in [0, 0.1) is 0 Å². The first kappa shape index (κ1) is 23.6. The van der Waals surface area contributed by atoms with Gasteiger partial charge in [-0.05, 0) is 56.0 Å². The van der Waals surface area contributed by atoms with Crippen molar-refractivity contribution in [1.29, 1.82) is 0 Å². The van der Waals surface area contributed by atoms with Crippen molar-refractivity contribution in [1.82, 2.24) is 0 Å². The molecule has 1 aromatic carbocycles. The van der Waals surface area contributed by atoms with Gasteiger partial charge in [-0.3, -0.25) is 0 Å². The third-order valence-corrected chi connectivity index (χ3v) is 3.92. The van der Waals surface area contributed by atoms with Crippen LogP contribution in [0.4, 0.5) is 0 Å². The zero-order valence-electron chi connectivity index (χ0n) is 16.8. The van der Waals surface area contributed by atoms with Crippen LogP contribution in [0.15, 0.2) is 27.9 Å². The van der Waals surface area contributed by atoms with Crippen LogP contribution < -0.4 is 9.47 Å². The lowest BCUT2D eigenvalue weighted by Gasteiger charge is -2.18. The monoisotopic (exact) mass is 415 g/mol. The highest BCUT2D eigenvalue weighted by Crippen LogP contribution is 2.32. The average molecular weight is 416 g/mol. The van der Waals surface area contributed by atoms with E-state index in [0.717, 1.165) is 49.3 Å². The van der Waals surface area contributed by atoms with E-state index in [1.165, 1.54) is 11.1 Å². The van der Waals surface area contributed by atoms with E-state index in [4.69, 9.17) is 37.5 Å². The average Bonchev–Trinajstić information content (AvgIpc) is 2.59. The van der Waals surface area contributed by atoms with Crippen molar-refractivity contribution >= 4 is 28.9 Å². The van der Waals surface area contributed by atoms with Crippen LogP contribution in [-0.2, 0) is 17.7 Å². The molecule has 0 heterocycles. The fourth-order valence-electron chi connectivity index (χ4n) is 2.57. The highest BCUT2D eigenvalue weighted by Gasteiger charge is 2.13. The first-order valence-electron chi connectivity index (χ1n) is 9.53. The second-order valence-electron chi connectivity index (χ2n) is 6.45. The van der Waals surface area contributed by atoms with Crippen molar-refractivity contribution in [2.24, 2.45) is 5.16 Å². The van der Waals surface area contributed by atoms with Crippen LogP contribution in [0.3, 0.4) is 0 Å². The summed E-state index contributed by atoms with van der Waals surface area (Å²) in [5.41, 5.74) is 3.25. The lowest BCUT2D eigenvalue weighted by atomic mass is 10.0. The zero-order valence-corrected chi connectivity index (χ0v) is 18.3. The van der Waals surface area contributed by atoms with Gasteiger partial charge in [0.15, 0.2) is 0 Å². The molecule has 0 unspecified atom stereocenters. The highest BCUT2D eigenvalue weighted by molar-refractivity contribution is 6.55. The Morgan fingerprint density at radius 3 is 2.15 bits per heavy atom. The second-order valence-corrected chi connectivity index (χ2v) is 7.46. The predicted molar refractivity (Wildman–Crippen MR) is 115 cm³/mol. The van der Waals surface area contributed by atoms with Crippen LogP contribution in [0.2, 0.25) is 0 Å². The van der Waals surface area contributed by atoms with Gasteiger partial charge in [0.05, 0.1) is 12.3 Å². The molecule has 0 aliphatic carbocycles. The number of hydrogen-bond acceptors (Lipinski definition) is 4. The molecule has 0 atom stereocenters. The van der Waals surface area contributed by atoms with E-state index in [1.807, 2.05) is 13.8 Å². The van der Waals surface area contributed by atoms with Crippen LogP contribution in [0.5, 0.6) is 11.5 Å². The maximum atomic E-state index is 6.14. The quantitative estimate of drug-likeness (QED) is 0.210. The minimum absolute atomic E-state index is 0.210. The molecular weight excluding hydrogens is 385 g/mol. The molecule has 1 rings (SSSR count). The first-order valence-corrected chi connectivity index (χ1v) is 10.3. The van der Waals surface area contributed by atoms with Gasteiger partial charge in [0.2, 0.25) is 0 Å². The van der Waals surface area contributed by atoms with Gasteiger partial charge in [-0.1, -0.05) is 55.0 Å². The van der Waals surface area contributed by atoms with Crippen LogP contribution in [0.25, 0.3) is 0 Å². The molecule has 0 aliphatic rings. The van der Waals surface area contributed by atoms with Crippen molar-refractivity contribution in [3.8, 4) is 11.5 Å². The summed E-state index contributed by atoms with van der Waals surface area (Å²) in [6.45, 7) is 9.61. The van der Waals surface area contributed by atoms with Crippen molar-refractivity contribution in [2.45, 2.75) is 59.8 Å². The molecule has 0 saturated carbocycles. The molecule has 4 nitrogen and oxygen atoms in total. The third kappa shape index (κ3) is 9.92. The maximum absolute atomic E-state index is 6.14. The molecule has 0 radical (unpaired) electrons. The summed E-state index contributed by atoms with van der Waals surface area (Å²) in [6.07, 6.45) is 6.35. The van der Waals surface area contributed by atoms with Gasteiger partial charge in [0.25, 0.3) is 0 Å². The SMILES string of the molecule is CCCc1cc(OCC=C(Cl)Cl)cc(CCC)c1OCCCON=C(C)C. The van der Waals surface area contributed by atoms with E-state index >= 15 is 0 Å². The van der Waals surface area contributed by atoms with E-state index in [-0.39, 0.29) is 4.49 Å². The third-order valence-electron chi connectivity index (χ3n) is 3.62. The Labute approximate surface area is 173 Å². The topological polar surface area (TPSA) is 40.0 Å². The highest BCUT2D eigenvalue weighted by atomic mass is 35.5. The number of halogens is 2. The molecule has 1 aromatic rings. The number of benzene rings is 1. The standard InChI is InChI=1S/C21H31Cl2NO3/c1-5-8-17-14-19(25-13-10-20(22)23)15-18(9-6-2)21(17)26-11-7-12-27-24-16(3)4/h10,14-15H,5-9,11-13H2,1-4H3. The Morgan fingerprint density at radius 2 is 1.63 bits per heavy atom. The number of hydrogen-bond donors (Lipinski definition) is 0. The van der Waals surface area contributed by atoms with Crippen LogP contribution >= 0.6 is 23.2 Å². The summed E-state index contributed by atoms with van der Waals surface area (Å²) < 4.78 is 12.1.